The zero-order valence-corrected chi connectivity index (χ0v) is 36.9. The van der Waals surface area contributed by atoms with Crippen molar-refractivity contribution < 1.29 is 4.42 Å². The lowest BCUT2D eigenvalue weighted by molar-refractivity contribution is 0.660. The van der Waals surface area contributed by atoms with Gasteiger partial charge in [-0.05, 0) is 121 Å². The molecule has 0 spiro atoms. The maximum absolute atomic E-state index is 6.56. The molecule has 2 nitrogen and oxygen atoms in total. The highest BCUT2D eigenvalue weighted by Crippen LogP contribution is 2.57. The Morgan fingerprint density at radius 2 is 0.894 bits per heavy atom. The summed E-state index contributed by atoms with van der Waals surface area (Å²) in [6.45, 7) is 4.71. The fourth-order valence-electron chi connectivity index (χ4n) is 11.5. The van der Waals surface area contributed by atoms with Gasteiger partial charge in [0.05, 0.1) is 5.41 Å². The molecule has 1 heterocycles. The van der Waals surface area contributed by atoms with Gasteiger partial charge in [0.2, 0.25) is 0 Å². The van der Waals surface area contributed by atoms with Crippen LogP contribution in [0.3, 0.4) is 0 Å². The Labute approximate surface area is 385 Å². The predicted molar refractivity (Wildman–Crippen MR) is 274 cm³/mol. The van der Waals surface area contributed by atoms with Crippen LogP contribution < -0.4 is 4.90 Å². The average molecular weight is 844 g/mol. The molecule has 10 aromatic carbocycles. The molecule has 1 aromatic heterocycles. The fourth-order valence-corrected chi connectivity index (χ4v) is 11.5. The summed E-state index contributed by atoms with van der Waals surface area (Å²) in [5, 5.41) is 2.26. The van der Waals surface area contributed by atoms with E-state index in [1.807, 2.05) is 6.07 Å². The highest BCUT2D eigenvalue weighted by Gasteiger charge is 2.46. The third-order valence-corrected chi connectivity index (χ3v) is 14.6. The van der Waals surface area contributed by atoms with Crippen LogP contribution in [0.4, 0.5) is 17.1 Å². The molecule has 0 N–H and O–H groups in total. The predicted octanol–water partition coefficient (Wildman–Crippen LogP) is 17.1. The van der Waals surface area contributed by atoms with E-state index in [4.69, 9.17) is 4.42 Å². The molecule has 0 saturated carbocycles. The molecule has 0 atom stereocenters. The second-order valence-corrected chi connectivity index (χ2v) is 18.4. The van der Waals surface area contributed by atoms with Gasteiger partial charge >= 0.3 is 0 Å². The van der Waals surface area contributed by atoms with Crippen LogP contribution in [-0.4, -0.2) is 0 Å². The summed E-state index contributed by atoms with van der Waals surface area (Å²) in [7, 11) is 0. The Balaban J connectivity index is 0.943. The number of hydrogen-bond acceptors (Lipinski definition) is 2. The minimum atomic E-state index is -0.423. The van der Waals surface area contributed by atoms with Gasteiger partial charge in [0.1, 0.15) is 11.2 Å². The van der Waals surface area contributed by atoms with Crippen LogP contribution in [-0.2, 0) is 10.8 Å². The Morgan fingerprint density at radius 3 is 1.67 bits per heavy atom. The van der Waals surface area contributed by atoms with E-state index >= 15 is 0 Å². The summed E-state index contributed by atoms with van der Waals surface area (Å²) in [5.41, 5.74) is 22.2. The molecule has 66 heavy (non-hydrogen) atoms. The van der Waals surface area contributed by atoms with Crippen LogP contribution in [0, 0.1) is 0 Å². The van der Waals surface area contributed by atoms with Gasteiger partial charge in [-0.2, -0.15) is 0 Å². The van der Waals surface area contributed by atoms with Gasteiger partial charge in [0.25, 0.3) is 0 Å². The quantitative estimate of drug-likeness (QED) is 0.159. The van der Waals surface area contributed by atoms with Crippen molar-refractivity contribution in [3.63, 3.8) is 0 Å². The van der Waals surface area contributed by atoms with Crippen LogP contribution in [0.1, 0.15) is 47.2 Å². The fraction of sp³-hybridized carbons (Fsp3) is 0.0625. The van der Waals surface area contributed by atoms with Gasteiger partial charge in [0.15, 0.2) is 0 Å². The molecular weight excluding hydrogens is 799 g/mol. The van der Waals surface area contributed by atoms with E-state index in [-0.39, 0.29) is 5.41 Å². The Morgan fingerprint density at radius 1 is 0.333 bits per heavy atom. The Bertz CT molecular complexity index is 3630. The van der Waals surface area contributed by atoms with Crippen LogP contribution in [0.15, 0.2) is 241 Å². The van der Waals surface area contributed by atoms with Crippen molar-refractivity contribution >= 4 is 39.0 Å². The van der Waals surface area contributed by atoms with Crippen LogP contribution in [0.25, 0.3) is 66.4 Å². The third kappa shape index (κ3) is 5.61. The lowest BCUT2D eigenvalue weighted by atomic mass is 9.67. The van der Waals surface area contributed by atoms with Gasteiger partial charge in [-0.1, -0.05) is 202 Å². The standard InChI is InChI=1S/C64H45NO/c1-63(2)57-28-12-9-23-51(57)53-37-36-49(41-60(53)63)65(48-22-15-17-44(39-48)50-26-16-27-55-54-25-11-14-30-61(54)66-62(50)55)47-34-31-42(32-35-47)43-33-38-59-56(40-43)52-24-10-13-29-58(52)64(59,45-18-5-3-6-19-45)46-20-7-4-8-21-46/h3-41H,1-2H3. The van der Waals surface area contributed by atoms with Crippen molar-refractivity contribution in [2.45, 2.75) is 24.7 Å². The summed E-state index contributed by atoms with van der Waals surface area (Å²) < 4.78 is 6.56. The minimum absolute atomic E-state index is 0.138. The Hall–Kier alpha value is -8.20. The second-order valence-electron chi connectivity index (χ2n) is 18.4. The van der Waals surface area contributed by atoms with E-state index in [2.05, 4.69) is 249 Å². The highest BCUT2D eigenvalue weighted by molar-refractivity contribution is 6.09. The van der Waals surface area contributed by atoms with Crippen molar-refractivity contribution in [2.75, 3.05) is 4.90 Å². The SMILES string of the molecule is CC1(C)c2ccccc2-c2ccc(N(c3ccc(-c4ccc5c(c4)-c4ccccc4C5(c4ccccc4)c4ccccc4)cc3)c3cccc(-c4cccc5c4oc4ccccc45)c3)cc21. The van der Waals surface area contributed by atoms with E-state index in [0.717, 1.165) is 50.1 Å². The number of furan rings is 1. The van der Waals surface area contributed by atoms with Gasteiger partial charge in [-0.15, -0.1) is 0 Å². The molecule has 11 aromatic rings. The number of rotatable bonds is 7. The molecule has 0 amide bonds. The minimum Gasteiger partial charge on any atom is -0.455 e. The first-order valence-electron chi connectivity index (χ1n) is 23.0. The maximum Gasteiger partial charge on any atom is 0.143 e. The molecule has 0 radical (unpaired) electrons. The highest BCUT2D eigenvalue weighted by atomic mass is 16.3. The normalized spacial score (nSPS) is 13.8. The molecule has 0 aliphatic heterocycles. The first-order valence-corrected chi connectivity index (χ1v) is 23.0. The third-order valence-electron chi connectivity index (χ3n) is 14.6. The molecule has 0 fully saturated rings. The summed E-state index contributed by atoms with van der Waals surface area (Å²) in [4.78, 5) is 2.42. The number of fused-ring (bicyclic) bond motifs is 9. The van der Waals surface area contributed by atoms with Crippen LogP contribution in [0.5, 0.6) is 0 Å². The maximum atomic E-state index is 6.56. The van der Waals surface area contributed by atoms with Gasteiger partial charge in [-0.25, -0.2) is 0 Å². The van der Waals surface area contributed by atoms with Gasteiger partial charge < -0.3 is 9.32 Å². The van der Waals surface area contributed by atoms with Crippen LogP contribution >= 0.6 is 0 Å². The Kier molecular flexibility index (Phi) is 8.51. The van der Waals surface area contributed by atoms with Crippen molar-refractivity contribution in [1.82, 2.24) is 0 Å². The summed E-state index contributed by atoms with van der Waals surface area (Å²) in [6, 6.07) is 86.9. The summed E-state index contributed by atoms with van der Waals surface area (Å²) >= 11 is 0. The zero-order valence-electron chi connectivity index (χ0n) is 36.9. The molecule has 0 unspecified atom stereocenters. The second kappa shape index (κ2) is 14.7. The molecule has 2 aliphatic carbocycles. The molecule has 0 bridgehead atoms. The van der Waals surface area contributed by atoms with E-state index < -0.39 is 5.41 Å². The van der Waals surface area contributed by atoms with Gasteiger partial charge in [-0.3, -0.25) is 0 Å². The number of para-hydroxylation sites is 2. The first kappa shape index (κ1) is 38.3. The van der Waals surface area contributed by atoms with Crippen molar-refractivity contribution in [2.24, 2.45) is 0 Å². The molecule has 312 valence electrons. The molecular formula is C64H45NO. The lowest BCUT2D eigenvalue weighted by Crippen LogP contribution is -2.28. The smallest absolute Gasteiger partial charge is 0.143 e. The van der Waals surface area contributed by atoms with Gasteiger partial charge in [0, 0.05) is 38.8 Å². The monoisotopic (exact) mass is 843 g/mol. The first-order chi connectivity index (χ1) is 32.5. The van der Waals surface area contributed by atoms with E-state index in [9.17, 15) is 0 Å². The summed E-state index contributed by atoms with van der Waals surface area (Å²) in [6.07, 6.45) is 0. The zero-order chi connectivity index (χ0) is 44.0. The lowest BCUT2D eigenvalue weighted by Gasteiger charge is -2.33. The van der Waals surface area contributed by atoms with Crippen LogP contribution in [0.2, 0.25) is 0 Å². The molecule has 13 rings (SSSR count). The number of anilines is 3. The van der Waals surface area contributed by atoms with Crippen molar-refractivity contribution in [3.8, 4) is 44.5 Å². The van der Waals surface area contributed by atoms with E-state index in [0.29, 0.717) is 0 Å². The van der Waals surface area contributed by atoms with E-state index in [1.54, 1.807) is 0 Å². The number of hydrogen-bond donors (Lipinski definition) is 0. The molecule has 2 aliphatic rings. The topological polar surface area (TPSA) is 16.4 Å². The molecule has 0 saturated heterocycles. The van der Waals surface area contributed by atoms with E-state index in [1.165, 1.54) is 66.8 Å². The van der Waals surface area contributed by atoms with Crippen molar-refractivity contribution in [3.05, 3.63) is 270 Å². The average Bonchev–Trinajstić information content (AvgIpc) is 3.98. The number of benzene rings is 10. The number of nitrogens with zero attached hydrogens (tertiary/aromatic N) is 1. The molecule has 2 heteroatoms. The van der Waals surface area contributed by atoms with Crippen molar-refractivity contribution in [1.29, 1.82) is 0 Å². The summed E-state index contributed by atoms with van der Waals surface area (Å²) in [5.74, 6) is 0. The largest absolute Gasteiger partial charge is 0.455 e.